The van der Waals surface area contributed by atoms with Gasteiger partial charge in [0.1, 0.15) is 18.3 Å². The predicted octanol–water partition coefficient (Wildman–Crippen LogP) is 4.41. The Kier molecular flexibility index (Phi) is 9.77. The molecule has 0 heterocycles. The Morgan fingerprint density at radius 2 is 1.71 bits per heavy atom. The average Bonchev–Trinajstić information content (AvgIpc) is 2.91. The lowest BCUT2D eigenvalue weighted by molar-refractivity contribution is -0.140. The third kappa shape index (κ3) is 6.85. The Morgan fingerprint density at radius 1 is 1.03 bits per heavy atom. The van der Waals surface area contributed by atoms with E-state index < -0.39 is 28.5 Å². The van der Waals surface area contributed by atoms with E-state index in [1.807, 2.05) is 13.0 Å². The molecule has 3 aromatic rings. The van der Waals surface area contributed by atoms with Gasteiger partial charge in [0, 0.05) is 18.6 Å². The number of halogens is 1. The van der Waals surface area contributed by atoms with Crippen molar-refractivity contribution in [1.29, 1.82) is 0 Å². The van der Waals surface area contributed by atoms with Crippen molar-refractivity contribution in [2.24, 2.45) is 0 Å². The van der Waals surface area contributed by atoms with E-state index in [4.69, 9.17) is 16.3 Å². The zero-order valence-electron chi connectivity index (χ0n) is 21.8. The van der Waals surface area contributed by atoms with Crippen LogP contribution in [0.1, 0.15) is 24.5 Å². The minimum atomic E-state index is -4.15. The highest BCUT2D eigenvalue weighted by Crippen LogP contribution is 2.27. The Morgan fingerprint density at radius 3 is 2.32 bits per heavy atom. The van der Waals surface area contributed by atoms with Crippen molar-refractivity contribution in [2.45, 2.75) is 37.8 Å². The summed E-state index contributed by atoms with van der Waals surface area (Å²) in [6.07, 6.45) is 0.331. The Balaban J connectivity index is 2.06. The molecular weight excluding hydrogens is 526 g/mol. The zero-order valence-corrected chi connectivity index (χ0v) is 23.4. The number of amides is 2. The topological polar surface area (TPSA) is 96.0 Å². The van der Waals surface area contributed by atoms with Gasteiger partial charge in [0.05, 0.1) is 17.7 Å². The molecule has 202 valence electrons. The van der Waals surface area contributed by atoms with E-state index in [1.54, 1.807) is 62.6 Å². The van der Waals surface area contributed by atoms with Gasteiger partial charge in [-0.05, 0) is 61.4 Å². The van der Waals surface area contributed by atoms with Gasteiger partial charge in [-0.15, -0.1) is 0 Å². The molecule has 3 rings (SSSR count). The van der Waals surface area contributed by atoms with Crippen LogP contribution < -0.4 is 14.4 Å². The molecule has 0 aliphatic rings. The number of ether oxygens (including phenoxy) is 1. The largest absolute Gasteiger partial charge is 0.497 e. The number of benzene rings is 3. The van der Waals surface area contributed by atoms with E-state index in [1.165, 1.54) is 30.1 Å². The number of hydrogen-bond donors (Lipinski definition) is 1. The van der Waals surface area contributed by atoms with Crippen LogP contribution in [-0.4, -0.2) is 51.9 Å². The fourth-order valence-electron chi connectivity index (χ4n) is 4.05. The molecule has 0 unspecified atom stereocenters. The number of methoxy groups -OCH3 is 1. The maximum Gasteiger partial charge on any atom is 0.264 e. The molecule has 0 aliphatic carbocycles. The number of rotatable bonds is 11. The standard InChI is InChI=1S/C28H32ClN3O5S/c1-5-26(28(34)30-3)31(18-21-8-6-11-24(16-21)37-4)27(33)19-32(23-10-7-9-22(29)17-23)38(35,36)25-14-12-20(2)13-15-25/h6-17,26H,5,18-19H2,1-4H3,(H,30,34)/t26-/m0/s1. The van der Waals surface area contributed by atoms with E-state index in [9.17, 15) is 18.0 Å². The third-order valence-electron chi connectivity index (χ3n) is 6.10. The van der Waals surface area contributed by atoms with E-state index in [0.29, 0.717) is 17.2 Å². The summed E-state index contributed by atoms with van der Waals surface area (Å²) in [5.41, 5.74) is 1.87. The van der Waals surface area contributed by atoms with Gasteiger partial charge in [0.2, 0.25) is 11.8 Å². The Bertz CT molecular complexity index is 1380. The molecular formula is C28H32ClN3O5S. The van der Waals surface area contributed by atoms with Crippen molar-refractivity contribution in [1.82, 2.24) is 10.2 Å². The summed E-state index contributed by atoms with van der Waals surface area (Å²) < 4.78 is 33.9. The molecule has 0 aromatic heterocycles. The number of hydrogen-bond acceptors (Lipinski definition) is 5. The number of aryl methyl sites for hydroxylation is 1. The minimum Gasteiger partial charge on any atom is -0.497 e. The second kappa shape index (κ2) is 12.8. The van der Waals surface area contributed by atoms with Crippen molar-refractivity contribution in [2.75, 3.05) is 25.0 Å². The first-order valence-corrected chi connectivity index (χ1v) is 13.9. The molecule has 8 nitrogen and oxygen atoms in total. The lowest BCUT2D eigenvalue weighted by Gasteiger charge is -2.33. The van der Waals surface area contributed by atoms with Crippen LogP contribution in [0, 0.1) is 6.92 Å². The monoisotopic (exact) mass is 557 g/mol. The summed E-state index contributed by atoms with van der Waals surface area (Å²) in [5, 5.41) is 2.93. The maximum atomic E-state index is 13.9. The first kappa shape index (κ1) is 29.0. The number of anilines is 1. The predicted molar refractivity (Wildman–Crippen MR) is 149 cm³/mol. The first-order chi connectivity index (χ1) is 18.1. The second-order valence-electron chi connectivity index (χ2n) is 8.72. The van der Waals surface area contributed by atoms with Crippen molar-refractivity contribution in [3.63, 3.8) is 0 Å². The van der Waals surface area contributed by atoms with Crippen molar-refractivity contribution < 1.29 is 22.7 Å². The van der Waals surface area contributed by atoms with Crippen LogP contribution in [0.15, 0.2) is 77.7 Å². The molecule has 1 atom stereocenters. The van der Waals surface area contributed by atoms with Gasteiger partial charge in [-0.25, -0.2) is 8.42 Å². The fourth-order valence-corrected chi connectivity index (χ4v) is 5.64. The van der Waals surface area contributed by atoms with Gasteiger partial charge in [-0.2, -0.15) is 0 Å². The van der Waals surface area contributed by atoms with Gasteiger partial charge in [-0.1, -0.05) is 54.4 Å². The molecule has 0 fully saturated rings. The lowest BCUT2D eigenvalue weighted by Crippen LogP contribution is -2.51. The summed E-state index contributed by atoms with van der Waals surface area (Å²) >= 11 is 6.19. The summed E-state index contributed by atoms with van der Waals surface area (Å²) in [6.45, 7) is 3.20. The highest BCUT2D eigenvalue weighted by molar-refractivity contribution is 7.92. The molecule has 0 saturated carbocycles. The quantitative estimate of drug-likeness (QED) is 0.377. The van der Waals surface area contributed by atoms with Gasteiger partial charge in [-0.3, -0.25) is 13.9 Å². The molecule has 0 saturated heterocycles. The van der Waals surface area contributed by atoms with Crippen molar-refractivity contribution in [3.8, 4) is 5.75 Å². The molecule has 0 radical (unpaired) electrons. The summed E-state index contributed by atoms with van der Waals surface area (Å²) in [7, 11) is -1.11. The van der Waals surface area contributed by atoms with Gasteiger partial charge in [0.15, 0.2) is 0 Å². The van der Waals surface area contributed by atoms with Crippen molar-refractivity contribution >= 4 is 39.1 Å². The molecule has 0 aliphatic heterocycles. The second-order valence-corrected chi connectivity index (χ2v) is 11.0. The lowest BCUT2D eigenvalue weighted by atomic mass is 10.1. The Labute approximate surface area is 229 Å². The number of nitrogens with zero attached hydrogens (tertiary/aromatic N) is 2. The van der Waals surface area contributed by atoms with Crippen LogP contribution >= 0.6 is 11.6 Å². The highest BCUT2D eigenvalue weighted by Gasteiger charge is 2.33. The zero-order chi connectivity index (χ0) is 27.9. The summed E-state index contributed by atoms with van der Waals surface area (Å²) in [5.74, 6) is -0.288. The normalized spacial score (nSPS) is 11.9. The first-order valence-electron chi connectivity index (χ1n) is 12.1. The van der Waals surface area contributed by atoms with E-state index >= 15 is 0 Å². The fraction of sp³-hybridized carbons (Fsp3) is 0.286. The molecule has 0 spiro atoms. The number of sulfonamides is 1. The third-order valence-corrected chi connectivity index (χ3v) is 8.13. The van der Waals surface area contributed by atoms with Crippen LogP contribution in [-0.2, 0) is 26.2 Å². The minimum absolute atomic E-state index is 0.0357. The molecule has 0 bridgehead atoms. The van der Waals surface area contributed by atoms with Crippen LogP contribution in [0.25, 0.3) is 0 Å². The molecule has 38 heavy (non-hydrogen) atoms. The molecule has 2 amide bonds. The summed E-state index contributed by atoms with van der Waals surface area (Å²) in [6, 6.07) is 19.0. The smallest absolute Gasteiger partial charge is 0.264 e. The van der Waals surface area contributed by atoms with E-state index in [2.05, 4.69) is 5.32 Å². The number of nitrogens with one attached hydrogen (secondary N) is 1. The van der Waals surface area contributed by atoms with Crippen molar-refractivity contribution in [3.05, 3.63) is 88.9 Å². The van der Waals surface area contributed by atoms with Crippen LogP contribution in [0.5, 0.6) is 5.75 Å². The summed E-state index contributed by atoms with van der Waals surface area (Å²) in [4.78, 5) is 28.1. The average molecular weight is 558 g/mol. The van der Waals surface area contributed by atoms with Crippen LogP contribution in [0.4, 0.5) is 5.69 Å². The van der Waals surface area contributed by atoms with Gasteiger partial charge >= 0.3 is 0 Å². The molecule has 3 aromatic carbocycles. The van der Waals surface area contributed by atoms with E-state index in [-0.39, 0.29) is 23.0 Å². The molecule has 1 N–H and O–H groups in total. The maximum absolute atomic E-state index is 13.9. The van der Waals surface area contributed by atoms with Gasteiger partial charge < -0.3 is 15.0 Å². The molecule has 10 heteroatoms. The highest BCUT2D eigenvalue weighted by atomic mass is 35.5. The van der Waals surface area contributed by atoms with Crippen LogP contribution in [0.3, 0.4) is 0 Å². The number of carbonyl (C=O) groups excluding carboxylic acids is 2. The number of carbonyl (C=O) groups is 2. The number of likely N-dealkylation sites (N-methyl/N-ethyl adjacent to an activating group) is 1. The van der Waals surface area contributed by atoms with Gasteiger partial charge in [0.25, 0.3) is 10.0 Å². The SMILES string of the molecule is CC[C@@H](C(=O)NC)N(Cc1cccc(OC)c1)C(=O)CN(c1cccc(Cl)c1)S(=O)(=O)c1ccc(C)cc1. The van der Waals surface area contributed by atoms with Crippen LogP contribution in [0.2, 0.25) is 5.02 Å². The van der Waals surface area contributed by atoms with E-state index in [0.717, 1.165) is 15.4 Å². The Hall–Kier alpha value is -3.56.